The molecule has 0 saturated heterocycles. The first-order valence-corrected chi connectivity index (χ1v) is 7.67. The summed E-state index contributed by atoms with van der Waals surface area (Å²) in [5, 5.41) is 4.65. The molecule has 0 aliphatic heterocycles. The predicted octanol–water partition coefficient (Wildman–Crippen LogP) is 3.00. The first-order chi connectivity index (χ1) is 12.3. The standard InChI is InChI=1S/C20H13N4O/c1-25-20-12-8-15(13-22-20)7-9-17-14-21-19-11-10-18(23-24(17)19)16-5-3-2-4-6-16/h3-6,8,10-14H,1H3. The van der Waals surface area contributed by atoms with E-state index >= 15 is 0 Å². The second kappa shape index (κ2) is 6.46. The Hall–Kier alpha value is -3.65. The van der Waals surface area contributed by atoms with E-state index in [0.29, 0.717) is 5.88 Å². The number of ether oxygens (including phenoxy) is 1. The van der Waals surface area contributed by atoms with Crippen molar-refractivity contribution >= 4 is 5.65 Å². The highest BCUT2D eigenvalue weighted by molar-refractivity contribution is 5.60. The summed E-state index contributed by atoms with van der Waals surface area (Å²) >= 11 is 0. The van der Waals surface area contributed by atoms with E-state index in [4.69, 9.17) is 4.74 Å². The van der Waals surface area contributed by atoms with Gasteiger partial charge in [-0.3, -0.25) is 0 Å². The molecule has 0 amide bonds. The Bertz CT molecular complexity index is 1070. The van der Waals surface area contributed by atoms with Crippen LogP contribution in [0.25, 0.3) is 16.9 Å². The van der Waals surface area contributed by atoms with Crippen molar-refractivity contribution in [3.8, 4) is 29.0 Å². The third-order valence-corrected chi connectivity index (χ3v) is 3.66. The highest BCUT2D eigenvalue weighted by Gasteiger charge is 2.05. The number of nitrogens with zero attached hydrogens (tertiary/aromatic N) is 4. The van der Waals surface area contributed by atoms with Gasteiger partial charge in [0.1, 0.15) is 5.69 Å². The normalized spacial score (nSPS) is 10.3. The molecule has 1 radical (unpaired) electrons. The smallest absolute Gasteiger partial charge is 0.212 e. The number of pyridine rings is 1. The van der Waals surface area contributed by atoms with Gasteiger partial charge in [0.15, 0.2) is 5.65 Å². The minimum Gasteiger partial charge on any atom is -0.481 e. The summed E-state index contributed by atoms with van der Waals surface area (Å²) in [6.07, 6.45) is 3.39. The predicted molar refractivity (Wildman–Crippen MR) is 94.0 cm³/mol. The van der Waals surface area contributed by atoms with Crippen LogP contribution in [0, 0.1) is 17.9 Å². The maximum Gasteiger partial charge on any atom is 0.212 e. The second-order valence-electron chi connectivity index (χ2n) is 5.26. The molecule has 0 saturated carbocycles. The van der Waals surface area contributed by atoms with E-state index in [1.807, 2.05) is 42.5 Å². The van der Waals surface area contributed by atoms with Crippen LogP contribution in [0.5, 0.6) is 5.88 Å². The summed E-state index contributed by atoms with van der Waals surface area (Å²) in [5.74, 6) is 6.74. The van der Waals surface area contributed by atoms with Crippen LogP contribution in [0.3, 0.4) is 0 Å². The number of hydrogen-bond acceptors (Lipinski definition) is 4. The van der Waals surface area contributed by atoms with Crippen molar-refractivity contribution < 1.29 is 4.74 Å². The number of rotatable bonds is 2. The average molecular weight is 325 g/mol. The first kappa shape index (κ1) is 14.9. The van der Waals surface area contributed by atoms with Gasteiger partial charge in [0.2, 0.25) is 5.88 Å². The van der Waals surface area contributed by atoms with Gasteiger partial charge in [0.05, 0.1) is 19.0 Å². The van der Waals surface area contributed by atoms with E-state index < -0.39 is 0 Å². The second-order valence-corrected chi connectivity index (χ2v) is 5.26. The molecular formula is C20H13N4O. The van der Waals surface area contributed by atoms with Crippen LogP contribution in [-0.4, -0.2) is 26.7 Å². The summed E-state index contributed by atoms with van der Waals surface area (Å²) in [5.41, 5.74) is 4.14. The maximum atomic E-state index is 5.05. The fourth-order valence-electron chi connectivity index (χ4n) is 2.38. The molecule has 0 bridgehead atoms. The SMILES string of the molecule is COc1ccc(C#Cc2cnc3ccc(-c4cc[c]cc4)nn23)cn1. The number of benzene rings is 1. The van der Waals surface area contributed by atoms with E-state index in [1.165, 1.54) is 0 Å². The van der Waals surface area contributed by atoms with Crippen LogP contribution in [-0.2, 0) is 0 Å². The Morgan fingerprint density at radius 1 is 0.960 bits per heavy atom. The number of imidazole rings is 1. The lowest BCUT2D eigenvalue weighted by Gasteiger charge is -2.01. The summed E-state index contributed by atoms with van der Waals surface area (Å²) < 4.78 is 6.79. The molecule has 0 aliphatic carbocycles. The zero-order valence-electron chi connectivity index (χ0n) is 13.5. The molecule has 0 spiro atoms. The topological polar surface area (TPSA) is 52.3 Å². The Balaban J connectivity index is 1.72. The van der Waals surface area contributed by atoms with Gasteiger partial charge in [-0.2, -0.15) is 5.10 Å². The van der Waals surface area contributed by atoms with Gasteiger partial charge in [0, 0.05) is 23.4 Å². The molecule has 25 heavy (non-hydrogen) atoms. The number of aromatic nitrogens is 4. The molecule has 5 heteroatoms. The van der Waals surface area contributed by atoms with Gasteiger partial charge < -0.3 is 4.74 Å². The molecule has 3 heterocycles. The van der Waals surface area contributed by atoms with Crippen molar-refractivity contribution in [1.82, 2.24) is 19.6 Å². The van der Waals surface area contributed by atoms with Crippen molar-refractivity contribution in [2.24, 2.45) is 0 Å². The Morgan fingerprint density at radius 2 is 1.84 bits per heavy atom. The summed E-state index contributed by atoms with van der Waals surface area (Å²) in [7, 11) is 1.58. The monoisotopic (exact) mass is 325 g/mol. The molecule has 0 fully saturated rings. The molecule has 1 aromatic carbocycles. The lowest BCUT2D eigenvalue weighted by Crippen LogP contribution is -1.96. The Kier molecular flexibility index (Phi) is 3.85. The quantitative estimate of drug-likeness (QED) is 0.532. The number of fused-ring (bicyclic) bond motifs is 1. The van der Waals surface area contributed by atoms with Crippen LogP contribution in [0.1, 0.15) is 11.3 Å². The minimum absolute atomic E-state index is 0.562. The molecular weight excluding hydrogens is 312 g/mol. The lowest BCUT2D eigenvalue weighted by molar-refractivity contribution is 0.398. The zero-order chi connectivity index (χ0) is 17.1. The molecule has 119 valence electrons. The Morgan fingerprint density at radius 3 is 2.60 bits per heavy atom. The minimum atomic E-state index is 0.562. The molecule has 3 aromatic heterocycles. The van der Waals surface area contributed by atoms with Gasteiger partial charge in [-0.15, -0.1) is 0 Å². The highest BCUT2D eigenvalue weighted by Crippen LogP contribution is 2.17. The van der Waals surface area contributed by atoms with Crippen molar-refractivity contribution in [2.45, 2.75) is 0 Å². The van der Waals surface area contributed by atoms with E-state index in [2.05, 4.69) is 33.0 Å². The van der Waals surface area contributed by atoms with Crippen molar-refractivity contribution in [3.05, 3.63) is 78.2 Å². The summed E-state index contributed by atoms with van der Waals surface area (Å²) in [6, 6.07) is 18.2. The van der Waals surface area contributed by atoms with Crippen LogP contribution >= 0.6 is 0 Å². The largest absolute Gasteiger partial charge is 0.481 e. The highest BCUT2D eigenvalue weighted by atomic mass is 16.5. The molecule has 4 aromatic rings. The van der Waals surface area contributed by atoms with Crippen molar-refractivity contribution in [2.75, 3.05) is 7.11 Å². The molecule has 0 unspecified atom stereocenters. The van der Waals surface area contributed by atoms with Crippen LogP contribution in [0.4, 0.5) is 0 Å². The number of methoxy groups -OCH3 is 1. The third-order valence-electron chi connectivity index (χ3n) is 3.66. The summed E-state index contributed by atoms with van der Waals surface area (Å²) in [6.45, 7) is 0. The van der Waals surface area contributed by atoms with Crippen molar-refractivity contribution in [1.29, 1.82) is 0 Å². The molecule has 0 aliphatic rings. The maximum absolute atomic E-state index is 5.05. The van der Waals surface area contributed by atoms with Gasteiger partial charge in [-0.25, -0.2) is 14.5 Å². The van der Waals surface area contributed by atoms with E-state index in [-0.39, 0.29) is 0 Å². The van der Waals surface area contributed by atoms with Gasteiger partial charge in [-0.05, 0) is 30.2 Å². The van der Waals surface area contributed by atoms with Gasteiger partial charge in [-0.1, -0.05) is 30.2 Å². The average Bonchev–Trinajstić information content (AvgIpc) is 3.10. The Labute approximate surface area is 144 Å². The van der Waals surface area contributed by atoms with Crippen LogP contribution in [0.15, 0.2) is 60.9 Å². The van der Waals surface area contributed by atoms with E-state index in [9.17, 15) is 0 Å². The van der Waals surface area contributed by atoms with E-state index in [0.717, 1.165) is 28.2 Å². The fraction of sp³-hybridized carbons (Fsp3) is 0.0500. The first-order valence-electron chi connectivity index (χ1n) is 7.67. The van der Waals surface area contributed by atoms with Crippen LogP contribution < -0.4 is 4.74 Å². The van der Waals surface area contributed by atoms with Crippen LogP contribution in [0.2, 0.25) is 0 Å². The molecule has 4 rings (SSSR count). The lowest BCUT2D eigenvalue weighted by atomic mass is 10.1. The van der Waals surface area contributed by atoms with Gasteiger partial charge >= 0.3 is 0 Å². The third kappa shape index (κ3) is 3.06. The van der Waals surface area contributed by atoms with Gasteiger partial charge in [0.25, 0.3) is 0 Å². The van der Waals surface area contributed by atoms with Crippen molar-refractivity contribution in [3.63, 3.8) is 0 Å². The zero-order valence-corrected chi connectivity index (χ0v) is 13.5. The molecule has 0 atom stereocenters. The fourth-order valence-corrected chi connectivity index (χ4v) is 2.38. The molecule has 5 nitrogen and oxygen atoms in total. The molecule has 0 N–H and O–H groups in total. The number of hydrogen-bond donors (Lipinski definition) is 0. The van der Waals surface area contributed by atoms with E-state index in [1.54, 1.807) is 30.1 Å². The summed E-state index contributed by atoms with van der Waals surface area (Å²) in [4.78, 5) is 8.50.